The predicted molar refractivity (Wildman–Crippen MR) is 92.9 cm³/mol. The molecular weight excluding hydrogens is 322 g/mol. The average Bonchev–Trinajstić information content (AvgIpc) is 2.92. The molecule has 22 heavy (non-hydrogen) atoms. The van der Waals surface area contributed by atoms with Crippen LogP contribution in [0.15, 0.2) is 29.6 Å². The summed E-state index contributed by atoms with van der Waals surface area (Å²) in [6.45, 7) is 3.54. The standard InChI is InChI=1S/C15H19N3O2S.ClH/c1-11-5-3-4-6-12(11)13-10-21-15(17-13)18-14(19)9-16-7-8-20-2;/h3-6,10,16H,7-9H2,1-2H3,(H,17,18,19);1H. The number of hydrogen-bond donors (Lipinski definition) is 2. The van der Waals surface area contributed by atoms with Gasteiger partial charge in [0.25, 0.3) is 0 Å². The molecular formula is C15H20ClN3O2S. The number of carbonyl (C=O) groups is 1. The Kier molecular flexibility index (Phi) is 8.05. The third-order valence-electron chi connectivity index (χ3n) is 2.94. The summed E-state index contributed by atoms with van der Waals surface area (Å²) in [5.74, 6) is -0.100. The van der Waals surface area contributed by atoms with Gasteiger partial charge in [-0.3, -0.25) is 4.79 Å². The van der Waals surface area contributed by atoms with Crippen LogP contribution in [0.4, 0.5) is 5.13 Å². The average molecular weight is 342 g/mol. The second-order valence-electron chi connectivity index (χ2n) is 4.57. The lowest BCUT2D eigenvalue weighted by Gasteiger charge is -2.04. The van der Waals surface area contributed by atoms with Crippen molar-refractivity contribution in [1.82, 2.24) is 10.3 Å². The van der Waals surface area contributed by atoms with E-state index in [1.54, 1.807) is 7.11 Å². The molecule has 7 heteroatoms. The molecule has 1 aromatic heterocycles. The van der Waals surface area contributed by atoms with E-state index in [1.165, 1.54) is 16.9 Å². The molecule has 0 aliphatic heterocycles. The van der Waals surface area contributed by atoms with Crippen molar-refractivity contribution in [3.8, 4) is 11.3 Å². The fraction of sp³-hybridized carbons (Fsp3) is 0.333. The highest BCUT2D eigenvalue weighted by atomic mass is 35.5. The Morgan fingerprint density at radius 3 is 2.86 bits per heavy atom. The molecule has 2 rings (SSSR count). The third-order valence-corrected chi connectivity index (χ3v) is 3.70. The maximum absolute atomic E-state index is 11.7. The highest BCUT2D eigenvalue weighted by Crippen LogP contribution is 2.26. The number of anilines is 1. The number of methoxy groups -OCH3 is 1. The number of ether oxygens (including phenoxy) is 1. The minimum absolute atomic E-state index is 0. The lowest BCUT2D eigenvalue weighted by molar-refractivity contribution is -0.115. The first-order chi connectivity index (χ1) is 10.2. The molecule has 2 aromatic rings. The summed E-state index contributed by atoms with van der Waals surface area (Å²) in [4.78, 5) is 16.2. The van der Waals surface area contributed by atoms with Gasteiger partial charge >= 0.3 is 0 Å². The Morgan fingerprint density at radius 1 is 1.36 bits per heavy atom. The monoisotopic (exact) mass is 341 g/mol. The van der Waals surface area contributed by atoms with E-state index in [9.17, 15) is 4.79 Å². The third kappa shape index (κ3) is 5.38. The Bertz CT molecular complexity index is 604. The topological polar surface area (TPSA) is 63.2 Å². The second-order valence-corrected chi connectivity index (χ2v) is 5.43. The molecule has 0 saturated carbocycles. The van der Waals surface area contributed by atoms with Gasteiger partial charge in [0.1, 0.15) is 0 Å². The van der Waals surface area contributed by atoms with Crippen molar-refractivity contribution in [3.63, 3.8) is 0 Å². The number of amides is 1. The second kappa shape index (κ2) is 9.53. The van der Waals surface area contributed by atoms with Gasteiger partial charge in [0, 0.05) is 24.6 Å². The minimum atomic E-state index is -0.100. The van der Waals surface area contributed by atoms with E-state index in [2.05, 4.69) is 15.6 Å². The molecule has 2 N–H and O–H groups in total. The normalized spacial score (nSPS) is 10.1. The summed E-state index contributed by atoms with van der Waals surface area (Å²) in [5, 5.41) is 8.36. The summed E-state index contributed by atoms with van der Waals surface area (Å²) < 4.78 is 4.90. The number of nitrogens with zero attached hydrogens (tertiary/aromatic N) is 1. The van der Waals surface area contributed by atoms with E-state index in [0.717, 1.165) is 11.3 Å². The molecule has 0 unspecified atom stereocenters. The molecule has 1 aromatic carbocycles. The van der Waals surface area contributed by atoms with Crippen molar-refractivity contribution in [2.45, 2.75) is 6.92 Å². The highest BCUT2D eigenvalue weighted by molar-refractivity contribution is 7.14. The molecule has 1 heterocycles. The van der Waals surface area contributed by atoms with Gasteiger partial charge in [-0.2, -0.15) is 0 Å². The summed E-state index contributed by atoms with van der Waals surface area (Å²) >= 11 is 1.43. The molecule has 0 saturated heterocycles. The number of rotatable bonds is 7. The smallest absolute Gasteiger partial charge is 0.240 e. The van der Waals surface area contributed by atoms with E-state index in [0.29, 0.717) is 18.3 Å². The SMILES string of the molecule is COCCNCC(=O)Nc1nc(-c2ccccc2C)cs1.Cl. The Balaban J connectivity index is 0.00000242. The number of halogens is 1. The molecule has 0 aliphatic carbocycles. The zero-order valence-corrected chi connectivity index (χ0v) is 14.2. The molecule has 0 atom stereocenters. The van der Waals surface area contributed by atoms with Crippen molar-refractivity contribution >= 4 is 34.8 Å². The first kappa shape index (κ1) is 18.6. The number of thiazole rings is 1. The van der Waals surface area contributed by atoms with E-state index < -0.39 is 0 Å². The van der Waals surface area contributed by atoms with Gasteiger partial charge in [0.05, 0.1) is 18.8 Å². The van der Waals surface area contributed by atoms with Crippen LogP contribution in [0.5, 0.6) is 0 Å². The zero-order valence-electron chi connectivity index (χ0n) is 12.6. The molecule has 0 spiro atoms. The molecule has 0 fully saturated rings. The van der Waals surface area contributed by atoms with Crippen molar-refractivity contribution in [3.05, 3.63) is 35.2 Å². The van der Waals surface area contributed by atoms with Crippen molar-refractivity contribution in [2.24, 2.45) is 0 Å². The van der Waals surface area contributed by atoms with Crippen LogP contribution in [0.25, 0.3) is 11.3 Å². The lowest BCUT2D eigenvalue weighted by atomic mass is 10.1. The predicted octanol–water partition coefficient (Wildman–Crippen LogP) is 2.71. The van der Waals surface area contributed by atoms with Gasteiger partial charge in [-0.25, -0.2) is 4.98 Å². The largest absolute Gasteiger partial charge is 0.383 e. The first-order valence-corrected chi connectivity index (χ1v) is 7.59. The van der Waals surface area contributed by atoms with Crippen molar-refractivity contribution < 1.29 is 9.53 Å². The maximum Gasteiger partial charge on any atom is 0.240 e. The minimum Gasteiger partial charge on any atom is -0.383 e. The van der Waals surface area contributed by atoms with Crippen LogP contribution in [-0.4, -0.2) is 37.7 Å². The van der Waals surface area contributed by atoms with Crippen LogP contribution in [0.3, 0.4) is 0 Å². The van der Waals surface area contributed by atoms with Crippen LogP contribution in [0, 0.1) is 6.92 Å². The van der Waals surface area contributed by atoms with Crippen molar-refractivity contribution in [1.29, 1.82) is 0 Å². The number of nitrogens with one attached hydrogen (secondary N) is 2. The van der Waals surface area contributed by atoms with Crippen LogP contribution in [0.1, 0.15) is 5.56 Å². The summed E-state index contributed by atoms with van der Waals surface area (Å²) in [6.07, 6.45) is 0. The van der Waals surface area contributed by atoms with E-state index in [4.69, 9.17) is 4.74 Å². The van der Waals surface area contributed by atoms with Crippen molar-refractivity contribution in [2.75, 3.05) is 32.1 Å². The molecule has 0 bridgehead atoms. The Morgan fingerprint density at radius 2 is 2.14 bits per heavy atom. The lowest BCUT2D eigenvalue weighted by Crippen LogP contribution is -2.30. The summed E-state index contributed by atoms with van der Waals surface area (Å²) in [5.41, 5.74) is 3.15. The Hall–Kier alpha value is -1.47. The fourth-order valence-corrected chi connectivity index (χ4v) is 2.58. The molecule has 0 aliphatic rings. The molecule has 120 valence electrons. The van der Waals surface area contributed by atoms with E-state index in [-0.39, 0.29) is 24.9 Å². The number of hydrogen-bond acceptors (Lipinski definition) is 5. The molecule has 1 amide bonds. The number of aryl methyl sites for hydroxylation is 1. The summed E-state index contributed by atoms with van der Waals surface area (Å²) in [7, 11) is 1.63. The van der Waals surface area contributed by atoms with Crippen LogP contribution < -0.4 is 10.6 Å². The highest BCUT2D eigenvalue weighted by Gasteiger charge is 2.09. The van der Waals surface area contributed by atoms with Gasteiger partial charge in [0.15, 0.2) is 5.13 Å². The van der Waals surface area contributed by atoms with E-state index >= 15 is 0 Å². The fourth-order valence-electron chi connectivity index (χ4n) is 1.85. The van der Waals surface area contributed by atoms with Crippen LogP contribution in [-0.2, 0) is 9.53 Å². The number of benzene rings is 1. The van der Waals surface area contributed by atoms with Gasteiger partial charge in [-0.05, 0) is 12.5 Å². The first-order valence-electron chi connectivity index (χ1n) is 6.71. The van der Waals surface area contributed by atoms with Crippen LogP contribution >= 0.6 is 23.7 Å². The van der Waals surface area contributed by atoms with E-state index in [1.807, 2.05) is 36.6 Å². The molecule has 5 nitrogen and oxygen atoms in total. The summed E-state index contributed by atoms with van der Waals surface area (Å²) in [6, 6.07) is 8.06. The van der Waals surface area contributed by atoms with Gasteiger partial charge in [0.2, 0.25) is 5.91 Å². The zero-order chi connectivity index (χ0) is 15.1. The number of carbonyl (C=O) groups excluding carboxylic acids is 1. The Labute approximate surface area is 140 Å². The van der Waals surface area contributed by atoms with Gasteiger partial charge in [-0.1, -0.05) is 24.3 Å². The molecule has 0 radical (unpaired) electrons. The van der Waals surface area contributed by atoms with Gasteiger partial charge in [-0.15, -0.1) is 23.7 Å². The number of aromatic nitrogens is 1. The maximum atomic E-state index is 11.7. The van der Waals surface area contributed by atoms with Crippen LogP contribution in [0.2, 0.25) is 0 Å². The quantitative estimate of drug-likeness (QED) is 0.760. The van der Waals surface area contributed by atoms with Gasteiger partial charge < -0.3 is 15.4 Å².